The van der Waals surface area contributed by atoms with E-state index in [4.69, 9.17) is 15.2 Å². The minimum absolute atomic E-state index is 0.274. The number of fused-ring (bicyclic) bond motifs is 1. The van der Waals surface area contributed by atoms with Crippen molar-refractivity contribution in [3.8, 4) is 22.6 Å². The van der Waals surface area contributed by atoms with Gasteiger partial charge in [0.05, 0.1) is 13.2 Å². The Morgan fingerprint density at radius 3 is 2.71 bits per heavy atom. The zero-order valence-electron chi connectivity index (χ0n) is 15.8. The molecule has 0 unspecified atom stereocenters. The Morgan fingerprint density at radius 1 is 1.18 bits per heavy atom. The number of methoxy groups -OCH3 is 1. The average Bonchev–Trinajstić information content (AvgIpc) is 3.35. The minimum Gasteiger partial charge on any atom is -0.497 e. The van der Waals surface area contributed by atoms with Crippen LogP contribution in [0.3, 0.4) is 0 Å². The van der Waals surface area contributed by atoms with Crippen LogP contribution in [0.1, 0.15) is 31.2 Å². The highest BCUT2D eigenvalue weighted by molar-refractivity contribution is 5.95. The number of nitrogens with one attached hydrogen (secondary N) is 1. The second kappa shape index (κ2) is 7.76. The van der Waals surface area contributed by atoms with Gasteiger partial charge in [0.1, 0.15) is 17.1 Å². The normalized spacial score (nSPS) is 14.8. The first-order valence-electron chi connectivity index (χ1n) is 9.43. The maximum Gasteiger partial charge on any atom is 0.241 e. The molecule has 3 N–H and O–H groups in total. The summed E-state index contributed by atoms with van der Waals surface area (Å²) in [4.78, 5) is 18.7. The highest BCUT2D eigenvalue weighted by Gasteiger charge is 2.17. The van der Waals surface area contributed by atoms with Crippen molar-refractivity contribution in [3.63, 3.8) is 0 Å². The van der Waals surface area contributed by atoms with Gasteiger partial charge in [0, 0.05) is 41.0 Å². The Kier molecular flexibility index (Phi) is 5.02. The summed E-state index contributed by atoms with van der Waals surface area (Å²) in [6, 6.07) is 7.95. The summed E-state index contributed by atoms with van der Waals surface area (Å²) >= 11 is 0. The van der Waals surface area contributed by atoms with Crippen molar-refractivity contribution in [2.24, 2.45) is 5.73 Å². The van der Waals surface area contributed by atoms with Crippen LogP contribution in [0.15, 0.2) is 42.7 Å². The number of pyridine rings is 1. The van der Waals surface area contributed by atoms with Crippen LogP contribution in [-0.2, 0) is 4.79 Å². The Morgan fingerprint density at radius 2 is 1.96 bits per heavy atom. The van der Waals surface area contributed by atoms with Crippen molar-refractivity contribution >= 4 is 23.0 Å². The van der Waals surface area contributed by atoms with Crippen LogP contribution < -0.4 is 15.2 Å². The summed E-state index contributed by atoms with van der Waals surface area (Å²) in [5, 5.41) is 0.913. The first-order valence-corrected chi connectivity index (χ1v) is 9.43. The number of primary amides is 1. The average molecular weight is 377 g/mol. The van der Waals surface area contributed by atoms with Crippen LogP contribution in [-0.4, -0.2) is 29.1 Å². The molecule has 2 aromatic heterocycles. The van der Waals surface area contributed by atoms with E-state index in [2.05, 4.69) is 9.97 Å². The molecule has 0 atom stereocenters. The zero-order chi connectivity index (χ0) is 19.5. The van der Waals surface area contributed by atoms with E-state index in [9.17, 15) is 4.79 Å². The summed E-state index contributed by atoms with van der Waals surface area (Å²) in [5.41, 5.74) is 8.72. The van der Waals surface area contributed by atoms with Crippen molar-refractivity contribution < 1.29 is 14.3 Å². The fourth-order valence-corrected chi connectivity index (χ4v) is 3.61. The smallest absolute Gasteiger partial charge is 0.241 e. The molecule has 4 rings (SSSR count). The van der Waals surface area contributed by atoms with Crippen LogP contribution in [0, 0.1) is 0 Å². The van der Waals surface area contributed by atoms with Crippen molar-refractivity contribution in [1.29, 1.82) is 0 Å². The summed E-state index contributed by atoms with van der Waals surface area (Å²) in [5.74, 6) is 1.07. The van der Waals surface area contributed by atoms with E-state index in [1.807, 2.05) is 30.5 Å². The van der Waals surface area contributed by atoms with Crippen molar-refractivity contribution in [1.82, 2.24) is 9.97 Å². The molecule has 0 saturated heterocycles. The number of rotatable bonds is 6. The number of hydrogen-bond acceptors (Lipinski definition) is 4. The first kappa shape index (κ1) is 18.1. The SMILES string of the molecule is COc1cc(OC2CCCC2)cc(-c2cnc3[nH]cc(/C=C/C(N)=O)c3c2)c1. The van der Waals surface area contributed by atoms with Gasteiger partial charge >= 0.3 is 0 Å². The molecule has 0 spiro atoms. The molecule has 144 valence electrons. The first-order chi connectivity index (χ1) is 13.6. The van der Waals surface area contributed by atoms with Gasteiger partial charge in [-0.1, -0.05) is 0 Å². The Labute approximate surface area is 163 Å². The number of nitrogens with two attached hydrogens (primary N) is 1. The van der Waals surface area contributed by atoms with Gasteiger partial charge in [0.25, 0.3) is 0 Å². The third-order valence-corrected chi connectivity index (χ3v) is 5.04. The molecule has 1 aliphatic rings. The molecule has 2 heterocycles. The summed E-state index contributed by atoms with van der Waals surface area (Å²) < 4.78 is 11.6. The lowest BCUT2D eigenvalue weighted by atomic mass is 10.0. The highest BCUT2D eigenvalue weighted by atomic mass is 16.5. The molecular formula is C22H23N3O3. The van der Waals surface area contributed by atoms with E-state index in [1.165, 1.54) is 18.9 Å². The summed E-state index contributed by atoms with van der Waals surface area (Å²) in [6.07, 6.45) is 11.6. The number of nitrogens with zero attached hydrogens (tertiary/aromatic N) is 1. The van der Waals surface area contributed by atoms with E-state index < -0.39 is 5.91 Å². The maximum atomic E-state index is 11.1. The Hall–Kier alpha value is -3.28. The lowest BCUT2D eigenvalue weighted by Crippen LogP contribution is -2.10. The number of benzene rings is 1. The lowest BCUT2D eigenvalue weighted by Gasteiger charge is -2.15. The molecule has 0 bridgehead atoms. The van der Waals surface area contributed by atoms with Gasteiger partial charge in [-0.3, -0.25) is 4.79 Å². The topological polar surface area (TPSA) is 90.2 Å². The Balaban J connectivity index is 1.71. The number of carbonyl (C=O) groups is 1. The van der Waals surface area contributed by atoms with E-state index in [-0.39, 0.29) is 6.10 Å². The molecule has 0 aliphatic heterocycles. The number of amides is 1. The highest BCUT2D eigenvalue weighted by Crippen LogP contribution is 2.33. The number of H-pyrrole nitrogens is 1. The quantitative estimate of drug-likeness (QED) is 0.634. The van der Waals surface area contributed by atoms with Gasteiger partial charge in [0.15, 0.2) is 0 Å². The van der Waals surface area contributed by atoms with E-state index in [0.717, 1.165) is 52.1 Å². The van der Waals surface area contributed by atoms with Gasteiger partial charge in [-0.05, 0) is 55.5 Å². The zero-order valence-corrected chi connectivity index (χ0v) is 15.8. The molecule has 0 radical (unpaired) electrons. The van der Waals surface area contributed by atoms with Gasteiger partial charge in [-0.25, -0.2) is 4.98 Å². The minimum atomic E-state index is -0.486. The molecule has 6 heteroatoms. The molecule has 6 nitrogen and oxygen atoms in total. The van der Waals surface area contributed by atoms with Crippen LogP contribution in [0.25, 0.3) is 28.2 Å². The number of carbonyl (C=O) groups excluding carboxylic acids is 1. The van der Waals surface area contributed by atoms with Crippen LogP contribution in [0.2, 0.25) is 0 Å². The second-order valence-corrected chi connectivity index (χ2v) is 7.02. The molecular weight excluding hydrogens is 354 g/mol. The summed E-state index contributed by atoms with van der Waals surface area (Å²) in [7, 11) is 1.65. The molecule has 3 aromatic rings. The van der Waals surface area contributed by atoms with Crippen LogP contribution in [0.4, 0.5) is 0 Å². The molecule has 28 heavy (non-hydrogen) atoms. The second-order valence-electron chi connectivity index (χ2n) is 7.02. The standard InChI is InChI=1S/C22H23N3O3/c1-27-18-8-15(9-19(11-18)28-17-4-2-3-5-17)16-10-20-14(6-7-21(23)26)12-24-22(20)25-13-16/h6-13,17H,2-5H2,1H3,(H2,23,26)(H,24,25)/b7-6+. The number of aromatic nitrogens is 2. The fraction of sp³-hybridized carbons (Fsp3) is 0.273. The largest absolute Gasteiger partial charge is 0.497 e. The van der Waals surface area contributed by atoms with Gasteiger partial charge in [-0.15, -0.1) is 0 Å². The van der Waals surface area contributed by atoms with E-state index in [0.29, 0.717) is 0 Å². The molecule has 1 amide bonds. The van der Waals surface area contributed by atoms with Gasteiger partial charge < -0.3 is 20.2 Å². The molecule has 1 fully saturated rings. The fourth-order valence-electron chi connectivity index (χ4n) is 3.61. The van der Waals surface area contributed by atoms with Crippen LogP contribution in [0.5, 0.6) is 11.5 Å². The van der Waals surface area contributed by atoms with Crippen LogP contribution >= 0.6 is 0 Å². The van der Waals surface area contributed by atoms with Crippen molar-refractivity contribution in [2.75, 3.05) is 7.11 Å². The van der Waals surface area contributed by atoms with Crippen molar-refractivity contribution in [3.05, 3.63) is 48.3 Å². The van der Waals surface area contributed by atoms with Gasteiger partial charge in [0.2, 0.25) is 5.91 Å². The van der Waals surface area contributed by atoms with E-state index in [1.54, 1.807) is 19.4 Å². The predicted molar refractivity (Wildman–Crippen MR) is 109 cm³/mol. The third-order valence-electron chi connectivity index (χ3n) is 5.04. The predicted octanol–water partition coefficient (Wildman–Crippen LogP) is 4.06. The Bertz CT molecular complexity index is 1030. The molecule has 1 saturated carbocycles. The van der Waals surface area contributed by atoms with Gasteiger partial charge in [-0.2, -0.15) is 0 Å². The monoisotopic (exact) mass is 377 g/mol. The third kappa shape index (κ3) is 3.86. The number of hydrogen-bond donors (Lipinski definition) is 2. The molecule has 1 aliphatic carbocycles. The number of ether oxygens (including phenoxy) is 2. The molecule has 1 aromatic carbocycles. The van der Waals surface area contributed by atoms with E-state index >= 15 is 0 Å². The lowest BCUT2D eigenvalue weighted by molar-refractivity contribution is -0.113. The number of aromatic amines is 1. The van der Waals surface area contributed by atoms with Crippen molar-refractivity contribution in [2.45, 2.75) is 31.8 Å². The summed E-state index contributed by atoms with van der Waals surface area (Å²) in [6.45, 7) is 0. The maximum absolute atomic E-state index is 11.1.